The predicted molar refractivity (Wildman–Crippen MR) is 79.3 cm³/mol. The molecule has 0 unspecified atom stereocenters. The number of nitrogens with zero attached hydrogens (tertiary/aromatic N) is 1. The fraction of sp³-hybridized carbons (Fsp3) is 0.625. The first-order valence-corrected chi connectivity index (χ1v) is 7.38. The summed E-state index contributed by atoms with van der Waals surface area (Å²) in [6.07, 6.45) is 2.11. The number of hydrogen-bond acceptors (Lipinski definition) is 4. The largest absolute Gasteiger partial charge is 0.493 e. The van der Waals surface area contributed by atoms with Crippen LogP contribution in [0.5, 0.6) is 11.5 Å². The number of methoxy groups -OCH3 is 2. The molecule has 3 rings (SSSR count). The molecule has 1 saturated heterocycles. The van der Waals surface area contributed by atoms with E-state index in [9.17, 15) is 0 Å². The van der Waals surface area contributed by atoms with E-state index in [1.54, 1.807) is 14.2 Å². The molecule has 1 aromatic carbocycles. The molecule has 0 aromatic heterocycles. The highest BCUT2D eigenvalue weighted by Gasteiger charge is 2.36. The van der Waals surface area contributed by atoms with Crippen molar-refractivity contribution in [3.63, 3.8) is 0 Å². The van der Waals surface area contributed by atoms with E-state index in [2.05, 4.69) is 24.0 Å². The van der Waals surface area contributed by atoms with Gasteiger partial charge in [-0.15, -0.1) is 0 Å². The van der Waals surface area contributed by atoms with Gasteiger partial charge in [-0.3, -0.25) is 4.90 Å². The van der Waals surface area contributed by atoms with Crippen molar-refractivity contribution < 1.29 is 9.47 Å². The predicted octanol–water partition coefficient (Wildman–Crippen LogP) is 1.97. The highest BCUT2D eigenvalue weighted by Crippen LogP contribution is 2.42. The Morgan fingerprint density at radius 1 is 1.20 bits per heavy atom. The van der Waals surface area contributed by atoms with Crippen molar-refractivity contribution in [3.05, 3.63) is 23.3 Å². The van der Waals surface area contributed by atoms with Gasteiger partial charge in [-0.1, -0.05) is 6.92 Å². The van der Waals surface area contributed by atoms with Crippen molar-refractivity contribution >= 4 is 0 Å². The molecule has 1 aromatic rings. The Morgan fingerprint density at radius 3 is 2.60 bits per heavy atom. The van der Waals surface area contributed by atoms with Crippen LogP contribution < -0.4 is 15.2 Å². The molecule has 4 heteroatoms. The van der Waals surface area contributed by atoms with Gasteiger partial charge in [-0.2, -0.15) is 0 Å². The van der Waals surface area contributed by atoms with Crippen molar-refractivity contribution in [2.75, 3.05) is 27.3 Å². The van der Waals surface area contributed by atoms with E-state index in [4.69, 9.17) is 15.2 Å². The zero-order valence-corrected chi connectivity index (χ0v) is 12.6. The summed E-state index contributed by atoms with van der Waals surface area (Å²) in [5, 5.41) is 0. The van der Waals surface area contributed by atoms with Crippen molar-refractivity contribution in [3.8, 4) is 11.5 Å². The van der Waals surface area contributed by atoms with Gasteiger partial charge in [0.25, 0.3) is 0 Å². The van der Waals surface area contributed by atoms with Gasteiger partial charge >= 0.3 is 0 Å². The third-order valence-electron chi connectivity index (χ3n) is 4.86. The first kappa shape index (κ1) is 13.7. The van der Waals surface area contributed by atoms with Crippen LogP contribution >= 0.6 is 0 Å². The molecule has 0 aliphatic carbocycles. The summed E-state index contributed by atoms with van der Waals surface area (Å²) in [6, 6.07) is 5.00. The second-order valence-corrected chi connectivity index (χ2v) is 6.04. The molecule has 20 heavy (non-hydrogen) atoms. The molecular formula is C16H24N2O2. The van der Waals surface area contributed by atoms with Crippen molar-refractivity contribution in [1.82, 2.24) is 4.90 Å². The molecule has 2 N–H and O–H groups in total. The average Bonchev–Trinajstić information content (AvgIpc) is 2.47. The molecule has 0 radical (unpaired) electrons. The molecule has 0 saturated carbocycles. The van der Waals surface area contributed by atoms with Crippen LogP contribution in [0.15, 0.2) is 12.1 Å². The fourth-order valence-electron chi connectivity index (χ4n) is 3.57. The monoisotopic (exact) mass is 276 g/mol. The Bertz CT molecular complexity index is 503. The van der Waals surface area contributed by atoms with E-state index in [-0.39, 0.29) is 6.04 Å². The summed E-state index contributed by atoms with van der Waals surface area (Å²) >= 11 is 0. The lowest BCUT2D eigenvalue weighted by Crippen LogP contribution is -2.49. The number of ether oxygens (including phenoxy) is 2. The Balaban J connectivity index is 1.99. The van der Waals surface area contributed by atoms with Gasteiger partial charge < -0.3 is 15.2 Å². The van der Waals surface area contributed by atoms with Gasteiger partial charge in [0.15, 0.2) is 11.5 Å². The summed E-state index contributed by atoms with van der Waals surface area (Å²) < 4.78 is 10.9. The quantitative estimate of drug-likeness (QED) is 0.897. The Labute approximate surface area is 120 Å². The van der Waals surface area contributed by atoms with Crippen LogP contribution in [0.3, 0.4) is 0 Å². The Kier molecular flexibility index (Phi) is 3.61. The SMILES string of the molecule is COc1cc2c(cc1OC)[C@H]1C[C@H](N)[C@H](C)CN1CC2. The first-order chi connectivity index (χ1) is 9.63. The van der Waals surface area contributed by atoms with E-state index in [0.717, 1.165) is 37.4 Å². The van der Waals surface area contributed by atoms with Crippen molar-refractivity contribution in [1.29, 1.82) is 0 Å². The number of benzene rings is 1. The smallest absolute Gasteiger partial charge is 0.161 e. The summed E-state index contributed by atoms with van der Waals surface area (Å²) in [4.78, 5) is 2.57. The minimum Gasteiger partial charge on any atom is -0.493 e. The molecular weight excluding hydrogens is 252 g/mol. The molecule has 2 heterocycles. The molecule has 0 amide bonds. The Morgan fingerprint density at radius 2 is 1.90 bits per heavy atom. The van der Waals surface area contributed by atoms with Crippen LogP contribution in [0.4, 0.5) is 0 Å². The van der Waals surface area contributed by atoms with Gasteiger partial charge in [0.1, 0.15) is 0 Å². The Hall–Kier alpha value is -1.26. The maximum atomic E-state index is 6.29. The van der Waals surface area contributed by atoms with E-state index < -0.39 is 0 Å². The molecule has 3 atom stereocenters. The lowest BCUT2D eigenvalue weighted by molar-refractivity contribution is 0.0899. The summed E-state index contributed by atoms with van der Waals surface area (Å²) in [7, 11) is 3.39. The number of fused-ring (bicyclic) bond motifs is 3. The number of hydrogen-bond donors (Lipinski definition) is 1. The van der Waals surface area contributed by atoms with Gasteiger partial charge in [-0.05, 0) is 42.0 Å². The second kappa shape index (κ2) is 5.26. The fourth-order valence-corrected chi connectivity index (χ4v) is 3.57. The van der Waals surface area contributed by atoms with Crippen LogP contribution in [0.1, 0.15) is 30.5 Å². The molecule has 4 nitrogen and oxygen atoms in total. The molecule has 2 aliphatic rings. The zero-order valence-electron chi connectivity index (χ0n) is 12.6. The van der Waals surface area contributed by atoms with E-state index in [0.29, 0.717) is 12.0 Å². The summed E-state index contributed by atoms with van der Waals surface area (Å²) in [5.74, 6) is 2.22. The molecule has 1 fully saturated rings. The van der Waals surface area contributed by atoms with Crippen LogP contribution in [0, 0.1) is 5.92 Å². The normalized spacial score (nSPS) is 29.5. The summed E-state index contributed by atoms with van der Waals surface area (Å²) in [5.41, 5.74) is 9.04. The van der Waals surface area contributed by atoms with Crippen molar-refractivity contribution in [2.45, 2.75) is 31.8 Å². The highest BCUT2D eigenvalue weighted by molar-refractivity contribution is 5.49. The van der Waals surface area contributed by atoms with Crippen LogP contribution in [0.2, 0.25) is 0 Å². The maximum Gasteiger partial charge on any atom is 0.161 e. The van der Waals surface area contributed by atoms with Gasteiger partial charge in [0.2, 0.25) is 0 Å². The minimum atomic E-state index is 0.287. The van der Waals surface area contributed by atoms with Crippen molar-refractivity contribution in [2.24, 2.45) is 11.7 Å². The first-order valence-electron chi connectivity index (χ1n) is 7.38. The molecule has 2 aliphatic heterocycles. The zero-order chi connectivity index (χ0) is 14.3. The average molecular weight is 276 g/mol. The summed E-state index contributed by atoms with van der Waals surface area (Å²) in [6.45, 7) is 4.47. The third-order valence-corrected chi connectivity index (χ3v) is 4.86. The lowest BCUT2D eigenvalue weighted by Gasteiger charge is -2.45. The number of piperidine rings is 1. The standard InChI is InChI=1S/C16H24N2O2/c1-10-9-18-5-4-11-6-15(19-2)16(20-3)7-12(11)14(18)8-13(10)17/h6-7,10,13-14H,4-5,8-9,17H2,1-3H3/t10-,13+,14-/m1/s1. The van der Waals surface area contributed by atoms with Crippen LogP contribution in [-0.2, 0) is 6.42 Å². The van der Waals surface area contributed by atoms with E-state index in [1.807, 2.05) is 0 Å². The second-order valence-electron chi connectivity index (χ2n) is 6.04. The van der Waals surface area contributed by atoms with Crippen LogP contribution in [0.25, 0.3) is 0 Å². The third kappa shape index (κ3) is 2.17. The number of rotatable bonds is 2. The lowest BCUT2D eigenvalue weighted by atomic mass is 9.81. The number of nitrogens with two attached hydrogens (primary N) is 1. The maximum absolute atomic E-state index is 6.29. The highest BCUT2D eigenvalue weighted by atomic mass is 16.5. The van der Waals surface area contributed by atoms with Gasteiger partial charge in [-0.25, -0.2) is 0 Å². The van der Waals surface area contributed by atoms with Gasteiger partial charge in [0.05, 0.1) is 14.2 Å². The van der Waals surface area contributed by atoms with Crippen LogP contribution in [-0.4, -0.2) is 38.3 Å². The molecule has 0 spiro atoms. The van der Waals surface area contributed by atoms with Gasteiger partial charge in [0, 0.05) is 25.2 Å². The minimum absolute atomic E-state index is 0.287. The molecule has 110 valence electrons. The topological polar surface area (TPSA) is 47.7 Å². The molecule has 0 bridgehead atoms. The van der Waals surface area contributed by atoms with E-state index in [1.165, 1.54) is 11.1 Å². The van der Waals surface area contributed by atoms with E-state index >= 15 is 0 Å².